The molecule has 0 radical (unpaired) electrons. The van der Waals surface area contributed by atoms with Crippen LogP contribution in [-0.4, -0.2) is 30.8 Å². The van der Waals surface area contributed by atoms with Gasteiger partial charge in [-0.1, -0.05) is 26.0 Å². The molecule has 0 saturated heterocycles. The van der Waals surface area contributed by atoms with Gasteiger partial charge in [-0.15, -0.1) is 0 Å². The van der Waals surface area contributed by atoms with Gasteiger partial charge in [-0.05, 0) is 36.1 Å². The third kappa shape index (κ3) is 5.89. The van der Waals surface area contributed by atoms with Gasteiger partial charge >= 0.3 is 0 Å². The Kier molecular flexibility index (Phi) is 6.81. The predicted molar refractivity (Wildman–Crippen MR) is 80.5 cm³/mol. The van der Waals surface area contributed by atoms with Crippen LogP contribution < -0.4 is 10.1 Å². The number of rotatable bonds is 7. The Balaban J connectivity index is 2.57. The number of ether oxygens (including phenoxy) is 1. The van der Waals surface area contributed by atoms with E-state index in [0.717, 1.165) is 17.7 Å². The Bertz CT molecular complexity index is 455. The van der Waals surface area contributed by atoms with Crippen LogP contribution in [0.3, 0.4) is 0 Å². The highest BCUT2D eigenvalue weighted by Crippen LogP contribution is 2.13. The van der Waals surface area contributed by atoms with Crippen molar-refractivity contribution < 1.29 is 14.6 Å². The smallest absolute Gasteiger partial charge is 0.244 e. The van der Waals surface area contributed by atoms with E-state index >= 15 is 0 Å². The van der Waals surface area contributed by atoms with Crippen molar-refractivity contribution in [2.75, 3.05) is 13.7 Å². The van der Waals surface area contributed by atoms with Crippen molar-refractivity contribution >= 4 is 12.0 Å². The van der Waals surface area contributed by atoms with Gasteiger partial charge in [0.2, 0.25) is 5.91 Å². The lowest BCUT2D eigenvalue weighted by Gasteiger charge is -2.17. The molecular formula is C16H23NO3. The molecule has 0 fully saturated rings. The third-order valence-electron chi connectivity index (χ3n) is 2.84. The Hall–Kier alpha value is -1.81. The van der Waals surface area contributed by atoms with Crippen LogP contribution in [0.15, 0.2) is 30.3 Å². The summed E-state index contributed by atoms with van der Waals surface area (Å²) in [5.74, 6) is 0.975. The molecule has 1 atom stereocenters. The average Bonchev–Trinajstić information content (AvgIpc) is 2.44. The van der Waals surface area contributed by atoms with Crippen molar-refractivity contribution in [1.82, 2.24) is 5.32 Å². The van der Waals surface area contributed by atoms with E-state index < -0.39 is 0 Å². The van der Waals surface area contributed by atoms with Crippen molar-refractivity contribution in [3.05, 3.63) is 35.9 Å². The first kappa shape index (κ1) is 16.2. The zero-order chi connectivity index (χ0) is 15.0. The quantitative estimate of drug-likeness (QED) is 0.751. The molecule has 20 heavy (non-hydrogen) atoms. The number of benzene rings is 1. The number of methoxy groups -OCH3 is 1. The normalized spacial score (nSPS) is 12.7. The monoisotopic (exact) mass is 277 g/mol. The highest BCUT2D eigenvalue weighted by molar-refractivity contribution is 5.91. The topological polar surface area (TPSA) is 58.6 Å². The molecule has 1 aromatic carbocycles. The molecular weight excluding hydrogens is 254 g/mol. The number of nitrogens with one attached hydrogen (secondary N) is 1. The number of amides is 1. The van der Waals surface area contributed by atoms with Gasteiger partial charge in [0.15, 0.2) is 0 Å². The van der Waals surface area contributed by atoms with Gasteiger partial charge in [0.1, 0.15) is 5.75 Å². The van der Waals surface area contributed by atoms with Gasteiger partial charge in [0.25, 0.3) is 0 Å². The minimum absolute atomic E-state index is 0.0447. The summed E-state index contributed by atoms with van der Waals surface area (Å²) >= 11 is 0. The van der Waals surface area contributed by atoms with Crippen LogP contribution in [0.1, 0.15) is 25.8 Å². The molecule has 0 aliphatic carbocycles. The Morgan fingerprint density at radius 2 is 2.20 bits per heavy atom. The molecule has 4 nitrogen and oxygen atoms in total. The third-order valence-corrected chi connectivity index (χ3v) is 2.84. The number of hydrogen-bond donors (Lipinski definition) is 2. The lowest BCUT2D eigenvalue weighted by Crippen LogP contribution is -2.37. The highest BCUT2D eigenvalue weighted by Gasteiger charge is 2.11. The summed E-state index contributed by atoms with van der Waals surface area (Å²) in [6, 6.07) is 7.26. The molecule has 0 heterocycles. The molecule has 0 aliphatic heterocycles. The molecule has 110 valence electrons. The highest BCUT2D eigenvalue weighted by atomic mass is 16.5. The molecule has 0 aliphatic rings. The summed E-state index contributed by atoms with van der Waals surface area (Å²) in [6.45, 7) is 4.07. The molecule has 1 unspecified atom stereocenters. The zero-order valence-electron chi connectivity index (χ0n) is 12.3. The summed E-state index contributed by atoms with van der Waals surface area (Å²) in [5.41, 5.74) is 0.893. The number of aliphatic hydroxyl groups is 1. The van der Waals surface area contributed by atoms with E-state index in [4.69, 9.17) is 4.74 Å². The van der Waals surface area contributed by atoms with Gasteiger partial charge < -0.3 is 15.2 Å². The van der Waals surface area contributed by atoms with Gasteiger partial charge in [0.05, 0.1) is 19.8 Å². The van der Waals surface area contributed by atoms with Crippen molar-refractivity contribution in [3.63, 3.8) is 0 Å². The van der Waals surface area contributed by atoms with Crippen LogP contribution in [0.25, 0.3) is 6.08 Å². The van der Waals surface area contributed by atoms with Crippen molar-refractivity contribution in [3.8, 4) is 5.75 Å². The number of carbonyl (C=O) groups excluding carboxylic acids is 1. The second-order valence-corrected chi connectivity index (χ2v) is 5.13. The second-order valence-electron chi connectivity index (χ2n) is 5.13. The Morgan fingerprint density at radius 1 is 1.45 bits per heavy atom. The summed E-state index contributed by atoms with van der Waals surface area (Å²) in [7, 11) is 1.60. The minimum Gasteiger partial charge on any atom is -0.497 e. The van der Waals surface area contributed by atoms with E-state index in [1.165, 1.54) is 6.08 Å². The van der Waals surface area contributed by atoms with E-state index in [-0.39, 0.29) is 18.6 Å². The van der Waals surface area contributed by atoms with E-state index in [9.17, 15) is 9.90 Å². The standard InChI is InChI=1S/C16H23NO3/c1-12(2)9-14(11-18)17-16(19)8-7-13-5-4-6-15(10-13)20-3/h4-8,10,12,14,18H,9,11H2,1-3H3,(H,17,19). The maximum Gasteiger partial charge on any atom is 0.244 e. The minimum atomic E-state index is -0.201. The van der Waals surface area contributed by atoms with E-state index in [1.54, 1.807) is 13.2 Å². The molecule has 4 heteroatoms. The van der Waals surface area contributed by atoms with E-state index in [2.05, 4.69) is 19.2 Å². The number of carbonyl (C=O) groups is 1. The lowest BCUT2D eigenvalue weighted by molar-refractivity contribution is -0.117. The second kappa shape index (κ2) is 8.38. The summed E-state index contributed by atoms with van der Waals surface area (Å²) in [4.78, 5) is 11.8. The fourth-order valence-corrected chi connectivity index (χ4v) is 1.91. The zero-order valence-corrected chi connectivity index (χ0v) is 12.3. The van der Waals surface area contributed by atoms with Crippen LogP contribution in [0, 0.1) is 5.92 Å². The lowest BCUT2D eigenvalue weighted by atomic mass is 10.0. The van der Waals surface area contributed by atoms with Gasteiger partial charge in [0, 0.05) is 6.08 Å². The summed E-state index contributed by atoms with van der Waals surface area (Å²) in [6.07, 6.45) is 3.95. The van der Waals surface area contributed by atoms with Gasteiger partial charge in [-0.3, -0.25) is 4.79 Å². The predicted octanol–water partition coefficient (Wildman–Crippen LogP) is 2.23. The summed E-state index contributed by atoms with van der Waals surface area (Å²) in [5, 5.41) is 12.0. The van der Waals surface area contributed by atoms with Gasteiger partial charge in [-0.25, -0.2) is 0 Å². The van der Waals surface area contributed by atoms with Crippen molar-refractivity contribution in [2.45, 2.75) is 26.3 Å². The molecule has 0 saturated carbocycles. The molecule has 0 aromatic heterocycles. The number of hydrogen-bond acceptors (Lipinski definition) is 3. The van der Waals surface area contributed by atoms with Crippen molar-refractivity contribution in [2.24, 2.45) is 5.92 Å². The van der Waals surface area contributed by atoms with E-state index in [1.807, 2.05) is 24.3 Å². The molecule has 0 bridgehead atoms. The molecule has 1 amide bonds. The molecule has 2 N–H and O–H groups in total. The largest absolute Gasteiger partial charge is 0.497 e. The van der Waals surface area contributed by atoms with Crippen molar-refractivity contribution in [1.29, 1.82) is 0 Å². The maximum absolute atomic E-state index is 11.8. The SMILES string of the molecule is COc1cccc(C=CC(=O)NC(CO)CC(C)C)c1. The van der Waals surface area contributed by atoms with Gasteiger partial charge in [-0.2, -0.15) is 0 Å². The first-order valence-corrected chi connectivity index (χ1v) is 6.78. The first-order valence-electron chi connectivity index (χ1n) is 6.78. The Labute approximate surface area is 120 Å². The fraction of sp³-hybridized carbons (Fsp3) is 0.438. The fourth-order valence-electron chi connectivity index (χ4n) is 1.91. The maximum atomic E-state index is 11.8. The number of aliphatic hydroxyl groups excluding tert-OH is 1. The first-order chi connectivity index (χ1) is 9.55. The molecule has 1 rings (SSSR count). The van der Waals surface area contributed by atoms with Crippen LogP contribution in [0.5, 0.6) is 5.75 Å². The average molecular weight is 277 g/mol. The van der Waals surface area contributed by atoms with E-state index in [0.29, 0.717) is 5.92 Å². The van der Waals surface area contributed by atoms with Crippen LogP contribution in [-0.2, 0) is 4.79 Å². The van der Waals surface area contributed by atoms with Crippen LogP contribution in [0.4, 0.5) is 0 Å². The van der Waals surface area contributed by atoms with Crippen LogP contribution in [0.2, 0.25) is 0 Å². The molecule has 1 aromatic rings. The summed E-state index contributed by atoms with van der Waals surface area (Å²) < 4.78 is 5.12. The Morgan fingerprint density at radius 3 is 2.80 bits per heavy atom. The van der Waals surface area contributed by atoms with Crippen LogP contribution >= 0.6 is 0 Å². The molecule has 0 spiro atoms.